The second-order valence-electron chi connectivity index (χ2n) is 6.49. The van der Waals surface area contributed by atoms with Crippen LogP contribution >= 0.6 is 0 Å². The lowest BCUT2D eigenvalue weighted by Gasteiger charge is -2.24. The Balaban J connectivity index is 1.85. The Hall–Kier alpha value is -1.59. The van der Waals surface area contributed by atoms with Crippen molar-refractivity contribution in [2.45, 2.75) is 31.8 Å². The zero-order valence-electron chi connectivity index (χ0n) is 14.1. The highest BCUT2D eigenvalue weighted by molar-refractivity contribution is 5.73. The molecule has 1 heterocycles. The topological polar surface area (TPSA) is 61.8 Å². The Morgan fingerprint density at radius 3 is 2.78 bits per heavy atom. The Labute approximate surface area is 138 Å². The molecule has 1 aliphatic rings. The molecule has 2 rings (SSSR count). The lowest BCUT2D eigenvalue weighted by molar-refractivity contribution is 0.166. The van der Waals surface area contributed by atoms with Gasteiger partial charge in [-0.1, -0.05) is 30.3 Å². The molecule has 1 aromatic rings. The van der Waals surface area contributed by atoms with E-state index < -0.39 is 6.10 Å². The molecule has 3 atom stereocenters. The quantitative estimate of drug-likeness (QED) is 0.810. The summed E-state index contributed by atoms with van der Waals surface area (Å²) >= 11 is 0. The first kappa shape index (κ1) is 17.8. The van der Waals surface area contributed by atoms with Crippen molar-refractivity contribution >= 4 is 6.03 Å². The van der Waals surface area contributed by atoms with Gasteiger partial charge in [0.15, 0.2) is 0 Å². The smallest absolute Gasteiger partial charge is 0.317 e. The zero-order chi connectivity index (χ0) is 16.7. The van der Waals surface area contributed by atoms with Gasteiger partial charge in [0.25, 0.3) is 0 Å². The van der Waals surface area contributed by atoms with Crippen molar-refractivity contribution in [1.29, 1.82) is 0 Å². The molecule has 0 aliphatic carbocycles. The number of urea groups is 1. The molecule has 23 heavy (non-hydrogen) atoms. The minimum absolute atomic E-state index is 0.0663. The first-order valence-electron chi connectivity index (χ1n) is 8.36. The molecule has 0 radical (unpaired) electrons. The number of ether oxygens (including phenoxy) is 1. The lowest BCUT2D eigenvalue weighted by Crippen LogP contribution is -2.41. The Kier molecular flexibility index (Phi) is 6.86. The number of rotatable bonds is 7. The van der Waals surface area contributed by atoms with Gasteiger partial charge < -0.3 is 20.1 Å². The minimum atomic E-state index is -0.398. The van der Waals surface area contributed by atoms with E-state index in [9.17, 15) is 9.90 Å². The van der Waals surface area contributed by atoms with Crippen LogP contribution in [-0.4, -0.2) is 55.5 Å². The van der Waals surface area contributed by atoms with Crippen LogP contribution < -0.4 is 5.32 Å². The number of nitrogens with zero attached hydrogens (tertiary/aromatic N) is 1. The number of amides is 2. The standard InChI is InChI=1S/C18H28N2O3/c1-14(21)10-17(16-6-4-3-5-7-16)11-19-18(22)20(2)12-15-8-9-23-13-15/h3-7,14-15,17,21H,8-13H2,1-2H3,(H,19,22). The molecule has 0 bridgehead atoms. The van der Waals surface area contributed by atoms with Crippen molar-refractivity contribution in [3.8, 4) is 0 Å². The van der Waals surface area contributed by atoms with Crippen LogP contribution in [-0.2, 0) is 4.74 Å². The molecule has 2 N–H and O–H groups in total. The average molecular weight is 320 g/mol. The minimum Gasteiger partial charge on any atom is -0.393 e. The molecule has 2 amide bonds. The third-order valence-corrected chi connectivity index (χ3v) is 4.30. The Morgan fingerprint density at radius 2 is 2.17 bits per heavy atom. The second-order valence-corrected chi connectivity index (χ2v) is 6.49. The van der Waals surface area contributed by atoms with Gasteiger partial charge in [0.05, 0.1) is 12.7 Å². The van der Waals surface area contributed by atoms with E-state index in [0.717, 1.165) is 31.7 Å². The fourth-order valence-corrected chi connectivity index (χ4v) is 3.02. The van der Waals surface area contributed by atoms with Crippen LogP contribution in [0.5, 0.6) is 0 Å². The van der Waals surface area contributed by atoms with Gasteiger partial charge in [-0.2, -0.15) is 0 Å². The average Bonchev–Trinajstić information content (AvgIpc) is 3.04. The molecule has 5 heteroatoms. The van der Waals surface area contributed by atoms with Gasteiger partial charge in [0.1, 0.15) is 0 Å². The van der Waals surface area contributed by atoms with Crippen molar-refractivity contribution in [1.82, 2.24) is 10.2 Å². The maximum atomic E-state index is 12.3. The number of carbonyl (C=O) groups is 1. The molecular weight excluding hydrogens is 292 g/mol. The summed E-state index contributed by atoms with van der Waals surface area (Å²) in [6.45, 7) is 4.57. The van der Waals surface area contributed by atoms with Gasteiger partial charge >= 0.3 is 6.03 Å². The number of aliphatic hydroxyl groups excluding tert-OH is 1. The van der Waals surface area contributed by atoms with Crippen molar-refractivity contribution in [2.24, 2.45) is 5.92 Å². The van der Waals surface area contributed by atoms with Crippen molar-refractivity contribution in [2.75, 3.05) is 33.4 Å². The van der Waals surface area contributed by atoms with Crippen LogP contribution in [0, 0.1) is 5.92 Å². The maximum absolute atomic E-state index is 12.3. The van der Waals surface area contributed by atoms with Crippen LogP contribution in [0.25, 0.3) is 0 Å². The molecule has 0 spiro atoms. The molecule has 1 saturated heterocycles. The summed E-state index contributed by atoms with van der Waals surface area (Å²) in [6, 6.07) is 9.95. The van der Waals surface area contributed by atoms with Crippen LogP contribution in [0.2, 0.25) is 0 Å². The van der Waals surface area contributed by atoms with E-state index in [0.29, 0.717) is 18.9 Å². The number of nitrogens with one attached hydrogen (secondary N) is 1. The van der Waals surface area contributed by atoms with Gasteiger partial charge in [0.2, 0.25) is 0 Å². The Morgan fingerprint density at radius 1 is 1.43 bits per heavy atom. The predicted octanol–water partition coefficient (Wildman–Crippen LogP) is 2.22. The molecule has 5 nitrogen and oxygen atoms in total. The van der Waals surface area contributed by atoms with E-state index in [-0.39, 0.29) is 11.9 Å². The molecule has 3 unspecified atom stereocenters. The highest BCUT2D eigenvalue weighted by atomic mass is 16.5. The van der Waals surface area contributed by atoms with Crippen molar-refractivity contribution in [3.63, 3.8) is 0 Å². The number of hydrogen-bond acceptors (Lipinski definition) is 3. The van der Waals surface area contributed by atoms with Crippen molar-refractivity contribution < 1.29 is 14.6 Å². The largest absolute Gasteiger partial charge is 0.393 e. The third kappa shape index (κ3) is 5.84. The SMILES string of the molecule is CC(O)CC(CNC(=O)N(C)CC1CCOC1)c1ccccc1. The molecule has 1 fully saturated rings. The molecule has 1 aliphatic heterocycles. The third-order valence-electron chi connectivity index (χ3n) is 4.30. The zero-order valence-corrected chi connectivity index (χ0v) is 14.1. The number of hydrogen-bond donors (Lipinski definition) is 2. The maximum Gasteiger partial charge on any atom is 0.317 e. The van der Waals surface area contributed by atoms with E-state index in [1.807, 2.05) is 37.4 Å². The fourth-order valence-electron chi connectivity index (χ4n) is 3.02. The molecule has 128 valence electrons. The first-order chi connectivity index (χ1) is 11.1. The molecular formula is C18H28N2O3. The summed E-state index contributed by atoms with van der Waals surface area (Å²) in [5.41, 5.74) is 1.14. The first-order valence-corrected chi connectivity index (χ1v) is 8.36. The highest BCUT2D eigenvalue weighted by Gasteiger charge is 2.21. The summed E-state index contributed by atoms with van der Waals surface area (Å²) in [5.74, 6) is 0.552. The molecule has 0 aromatic heterocycles. The van der Waals surface area contributed by atoms with Crippen LogP contribution in [0.15, 0.2) is 30.3 Å². The fraction of sp³-hybridized carbons (Fsp3) is 0.611. The lowest BCUT2D eigenvalue weighted by atomic mass is 9.93. The summed E-state index contributed by atoms with van der Waals surface area (Å²) in [4.78, 5) is 14.0. The molecule has 0 saturated carbocycles. The van der Waals surface area contributed by atoms with E-state index >= 15 is 0 Å². The van der Waals surface area contributed by atoms with E-state index in [2.05, 4.69) is 5.32 Å². The monoisotopic (exact) mass is 320 g/mol. The molecule has 1 aromatic carbocycles. The van der Waals surface area contributed by atoms with Gasteiger partial charge in [0, 0.05) is 38.6 Å². The number of benzene rings is 1. The van der Waals surface area contributed by atoms with E-state index in [4.69, 9.17) is 4.74 Å². The second kappa shape index (κ2) is 8.89. The van der Waals surface area contributed by atoms with Crippen LogP contribution in [0.4, 0.5) is 4.79 Å². The van der Waals surface area contributed by atoms with E-state index in [1.165, 1.54) is 0 Å². The van der Waals surface area contributed by atoms with Crippen LogP contribution in [0.1, 0.15) is 31.2 Å². The summed E-state index contributed by atoms with van der Waals surface area (Å²) in [7, 11) is 1.82. The number of carbonyl (C=O) groups excluding carboxylic acids is 1. The van der Waals surface area contributed by atoms with Crippen LogP contribution in [0.3, 0.4) is 0 Å². The van der Waals surface area contributed by atoms with Gasteiger partial charge in [-0.05, 0) is 25.3 Å². The highest BCUT2D eigenvalue weighted by Crippen LogP contribution is 2.20. The van der Waals surface area contributed by atoms with Gasteiger partial charge in [-0.15, -0.1) is 0 Å². The summed E-state index contributed by atoms with van der Waals surface area (Å²) in [5, 5.41) is 12.7. The summed E-state index contributed by atoms with van der Waals surface area (Å²) < 4.78 is 5.35. The van der Waals surface area contributed by atoms with Crippen molar-refractivity contribution in [3.05, 3.63) is 35.9 Å². The normalized spacial score (nSPS) is 20.0. The van der Waals surface area contributed by atoms with Gasteiger partial charge in [-0.25, -0.2) is 4.79 Å². The van der Waals surface area contributed by atoms with Gasteiger partial charge in [-0.3, -0.25) is 0 Å². The Bertz CT molecular complexity index is 472. The summed E-state index contributed by atoms with van der Waals surface area (Å²) in [6.07, 6.45) is 1.25. The predicted molar refractivity (Wildman–Crippen MR) is 90.4 cm³/mol. The van der Waals surface area contributed by atoms with E-state index in [1.54, 1.807) is 11.8 Å². The number of aliphatic hydroxyl groups is 1.